The first-order valence-corrected chi connectivity index (χ1v) is 8.72. The van der Waals surface area contributed by atoms with E-state index in [1.54, 1.807) is 13.8 Å². The maximum Gasteiger partial charge on any atom is 0.272 e. The molecular formula is C17H14Cl2FN5O3. The van der Waals surface area contributed by atoms with Gasteiger partial charge in [-0.3, -0.25) is 14.7 Å². The molecule has 0 radical (unpaired) electrons. The molecule has 0 saturated heterocycles. The number of carbonyl (C=O) groups excluding carboxylic acids is 2. The second kappa shape index (κ2) is 7.99. The topological polar surface area (TPSA) is 113 Å². The van der Waals surface area contributed by atoms with Gasteiger partial charge in [-0.15, -0.1) is 0 Å². The highest BCUT2D eigenvalue weighted by Gasteiger charge is 2.17. The van der Waals surface area contributed by atoms with E-state index in [1.807, 2.05) is 0 Å². The lowest BCUT2D eigenvalue weighted by atomic mass is 10.2. The molecule has 2 amide bonds. The van der Waals surface area contributed by atoms with Crippen molar-refractivity contribution in [1.82, 2.24) is 20.5 Å². The number of anilines is 1. The van der Waals surface area contributed by atoms with Crippen molar-refractivity contribution in [1.29, 1.82) is 0 Å². The summed E-state index contributed by atoms with van der Waals surface area (Å²) in [6.45, 7) is 3.62. The average Bonchev–Trinajstić information content (AvgIpc) is 3.22. The van der Waals surface area contributed by atoms with Gasteiger partial charge in [-0.05, 0) is 19.1 Å². The number of amides is 2. The van der Waals surface area contributed by atoms with E-state index < -0.39 is 17.6 Å². The Morgan fingerprint density at radius 1 is 1.18 bits per heavy atom. The van der Waals surface area contributed by atoms with E-state index in [9.17, 15) is 14.0 Å². The first-order valence-electron chi connectivity index (χ1n) is 7.97. The van der Waals surface area contributed by atoms with Gasteiger partial charge in [-0.2, -0.15) is 5.10 Å². The third-order valence-corrected chi connectivity index (χ3v) is 4.32. The van der Waals surface area contributed by atoms with Gasteiger partial charge in [-0.1, -0.05) is 23.2 Å². The molecule has 0 unspecified atom stereocenters. The van der Waals surface area contributed by atoms with E-state index in [4.69, 9.17) is 27.6 Å². The highest BCUT2D eigenvalue weighted by atomic mass is 35.5. The maximum atomic E-state index is 13.6. The van der Waals surface area contributed by atoms with Crippen LogP contribution in [0.5, 0.6) is 0 Å². The van der Waals surface area contributed by atoms with E-state index >= 15 is 0 Å². The van der Waals surface area contributed by atoms with Gasteiger partial charge in [-0.25, -0.2) is 9.37 Å². The molecule has 28 heavy (non-hydrogen) atoms. The Hall–Kier alpha value is -2.91. The Balaban J connectivity index is 1.65. The molecule has 0 fully saturated rings. The van der Waals surface area contributed by atoms with Crippen molar-refractivity contribution in [2.75, 3.05) is 5.32 Å². The molecule has 3 aromatic rings. The fourth-order valence-electron chi connectivity index (χ4n) is 2.38. The standard InChI is InChI=1S/C17H14Cl2FN5O3/c1-7-14(28-8(2)22-7)6-21-17(27)13-5-15(25-24-13)23-16(26)9-3-12(20)11(19)4-10(9)18/h3-5H,6H2,1-2H3,(H,21,27)(H2,23,24,25,26). The predicted molar refractivity (Wildman–Crippen MR) is 100 cm³/mol. The van der Waals surface area contributed by atoms with Crippen molar-refractivity contribution in [3.05, 3.63) is 62.7 Å². The summed E-state index contributed by atoms with van der Waals surface area (Å²) in [6.07, 6.45) is 0. The molecule has 0 aliphatic heterocycles. The number of halogens is 3. The lowest BCUT2D eigenvalue weighted by molar-refractivity contribution is 0.0942. The minimum absolute atomic E-state index is 0.0147. The van der Waals surface area contributed by atoms with Crippen LogP contribution in [0.4, 0.5) is 10.2 Å². The molecule has 3 rings (SSSR count). The number of nitrogens with one attached hydrogen (secondary N) is 3. The zero-order chi connectivity index (χ0) is 20.4. The first kappa shape index (κ1) is 19.8. The van der Waals surface area contributed by atoms with Gasteiger partial charge in [0.2, 0.25) is 0 Å². The summed E-state index contributed by atoms with van der Waals surface area (Å²) in [4.78, 5) is 28.6. The Morgan fingerprint density at radius 2 is 1.93 bits per heavy atom. The monoisotopic (exact) mass is 425 g/mol. The molecule has 0 bridgehead atoms. The van der Waals surface area contributed by atoms with Crippen LogP contribution in [-0.2, 0) is 6.54 Å². The third kappa shape index (κ3) is 4.32. The molecule has 1 aromatic carbocycles. The Morgan fingerprint density at radius 3 is 2.61 bits per heavy atom. The number of aromatic nitrogens is 3. The van der Waals surface area contributed by atoms with E-state index in [0.717, 1.165) is 12.1 Å². The molecular weight excluding hydrogens is 412 g/mol. The number of oxazole rings is 1. The normalized spacial score (nSPS) is 10.8. The smallest absolute Gasteiger partial charge is 0.272 e. The van der Waals surface area contributed by atoms with Gasteiger partial charge in [0.15, 0.2) is 11.6 Å². The summed E-state index contributed by atoms with van der Waals surface area (Å²) in [5.74, 6) is -0.782. The van der Waals surface area contributed by atoms with Gasteiger partial charge in [0, 0.05) is 13.0 Å². The van der Waals surface area contributed by atoms with Crippen LogP contribution in [0.1, 0.15) is 38.2 Å². The summed E-state index contributed by atoms with van der Waals surface area (Å²) in [5.41, 5.74) is 0.609. The minimum Gasteiger partial charge on any atom is -0.444 e. The van der Waals surface area contributed by atoms with Crippen molar-refractivity contribution >= 4 is 40.8 Å². The van der Waals surface area contributed by atoms with Crippen molar-refractivity contribution in [3.8, 4) is 0 Å². The Bertz CT molecular complexity index is 1060. The highest BCUT2D eigenvalue weighted by molar-refractivity contribution is 6.37. The molecule has 8 nitrogen and oxygen atoms in total. The number of hydrogen-bond acceptors (Lipinski definition) is 5. The molecule has 0 aliphatic rings. The van der Waals surface area contributed by atoms with Gasteiger partial charge in [0.1, 0.15) is 17.4 Å². The van der Waals surface area contributed by atoms with E-state index in [0.29, 0.717) is 17.3 Å². The molecule has 146 valence electrons. The van der Waals surface area contributed by atoms with Crippen LogP contribution in [0.15, 0.2) is 22.6 Å². The summed E-state index contributed by atoms with van der Waals surface area (Å²) in [5, 5.41) is 11.2. The zero-order valence-corrected chi connectivity index (χ0v) is 16.2. The number of aromatic amines is 1. The van der Waals surface area contributed by atoms with Crippen LogP contribution in [0, 0.1) is 19.7 Å². The molecule has 3 N–H and O–H groups in total. The molecule has 2 heterocycles. The number of aryl methyl sites for hydroxylation is 2. The fraction of sp³-hybridized carbons (Fsp3) is 0.176. The summed E-state index contributed by atoms with van der Waals surface area (Å²) in [7, 11) is 0. The largest absolute Gasteiger partial charge is 0.444 e. The van der Waals surface area contributed by atoms with Crippen LogP contribution < -0.4 is 10.6 Å². The predicted octanol–water partition coefficient (Wildman–Crippen LogP) is 3.64. The first-order chi connectivity index (χ1) is 13.2. The van der Waals surface area contributed by atoms with E-state index in [-0.39, 0.29) is 33.7 Å². The van der Waals surface area contributed by atoms with Crippen LogP contribution in [-0.4, -0.2) is 27.0 Å². The number of rotatable bonds is 5. The Kier molecular flexibility index (Phi) is 5.66. The van der Waals surface area contributed by atoms with Crippen LogP contribution >= 0.6 is 23.2 Å². The van der Waals surface area contributed by atoms with Gasteiger partial charge < -0.3 is 15.1 Å². The Labute approximate surface area is 168 Å². The quantitative estimate of drug-likeness (QED) is 0.540. The molecule has 11 heteroatoms. The third-order valence-electron chi connectivity index (χ3n) is 3.72. The second-order valence-electron chi connectivity index (χ2n) is 5.79. The van der Waals surface area contributed by atoms with Crippen LogP contribution in [0.25, 0.3) is 0 Å². The van der Waals surface area contributed by atoms with Crippen LogP contribution in [0.3, 0.4) is 0 Å². The maximum absolute atomic E-state index is 13.6. The number of benzene rings is 1. The highest BCUT2D eigenvalue weighted by Crippen LogP contribution is 2.25. The van der Waals surface area contributed by atoms with E-state index in [2.05, 4.69) is 25.8 Å². The molecule has 0 aliphatic carbocycles. The number of carbonyl (C=O) groups is 2. The lowest BCUT2D eigenvalue weighted by Crippen LogP contribution is -2.23. The van der Waals surface area contributed by atoms with E-state index in [1.165, 1.54) is 6.07 Å². The van der Waals surface area contributed by atoms with Crippen molar-refractivity contribution in [3.63, 3.8) is 0 Å². The number of H-pyrrole nitrogens is 1. The lowest BCUT2D eigenvalue weighted by Gasteiger charge is -2.05. The fourth-order valence-corrected chi connectivity index (χ4v) is 2.85. The minimum atomic E-state index is -0.779. The molecule has 0 spiro atoms. The summed E-state index contributed by atoms with van der Waals surface area (Å²) < 4.78 is 18.9. The van der Waals surface area contributed by atoms with Crippen molar-refractivity contribution < 1.29 is 18.4 Å². The number of nitrogens with zero attached hydrogens (tertiary/aromatic N) is 2. The summed E-state index contributed by atoms with van der Waals surface area (Å²) >= 11 is 11.5. The van der Waals surface area contributed by atoms with Gasteiger partial charge in [0.25, 0.3) is 11.8 Å². The molecule has 0 saturated carbocycles. The van der Waals surface area contributed by atoms with Crippen molar-refractivity contribution in [2.45, 2.75) is 20.4 Å². The average molecular weight is 426 g/mol. The molecule has 2 aromatic heterocycles. The SMILES string of the molecule is Cc1nc(C)c(CNC(=O)c2cc(NC(=O)c3cc(F)c(Cl)cc3Cl)[nH]n2)o1. The molecule has 0 atom stereocenters. The van der Waals surface area contributed by atoms with Crippen molar-refractivity contribution in [2.24, 2.45) is 0 Å². The van der Waals surface area contributed by atoms with Crippen LogP contribution in [0.2, 0.25) is 10.0 Å². The summed E-state index contributed by atoms with van der Waals surface area (Å²) in [6, 6.07) is 3.38. The zero-order valence-electron chi connectivity index (χ0n) is 14.7. The number of hydrogen-bond donors (Lipinski definition) is 3. The van der Waals surface area contributed by atoms with Gasteiger partial charge >= 0.3 is 0 Å². The second-order valence-corrected chi connectivity index (χ2v) is 6.61. The van der Waals surface area contributed by atoms with Gasteiger partial charge in [0.05, 0.1) is 27.8 Å².